The summed E-state index contributed by atoms with van der Waals surface area (Å²) in [6.07, 6.45) is 0. The Balaban J connectivity index is 2.00. The summed E-state index contributed by atoms with van der Waals surface area (Å²) in [5.74, 6) is 0.420. The third kappa shape index (κ3) is 6.66. The van der Waals surface area contributed by atoms with Gasteiger partial charge in [0.05, 0.1) is 15.6 Å². The number of nitrogens with one attached hydrogen (secondary N) is 2. The summed E-state index contributed by atoms with van der Waals surface area (Å²) in [6.45, 7) is 6.83. The summed E-state index contributed by atoms with van der Waals surface area (Å²) in [5, 5.41) is 2.77. The van der Waals surface area contributed by atoms with Gasteiger partial charge in [0.15, 0.2) is 0 Å². The molecule has 2 N–H and O–H groups in total. The Labute approximate surface area is 186 Å². The minimum atomic E-state index is -3.59. The Kier molecular flexibility index (Phi) is 8.87. The molecule has 2 aromatic rings. The first-order valence-corrected chi connectivity index (χ1v) is 11.8. The molecule has 0 radical (unpaired) electrons. The van der Waals surface area contributed by atoms with Crippen LogP contribution in [-0.2, 0) is 10.0 Å². The van der Waals surface area contributed by atoms with Gasteiger partial charge in [-0.1, -0.05) is 13.8 Å². The number of carbonyl (C=O) groups excluding carboxylic acids is 1. The third-order valence-corrected chi connectivity index (χ3v) is 6.77. The summed E-state index contributed by atoms with van der Waals surface area (Å²) in [6, 6.07) is 11.2. The van der Waals surface area contributed by atoms with E-state index in [-0.39, 0.29) is 10.8 Å². The molecular formula is C20H26IN3O4S. The van der Waals surface area contributed by atoms with E-state index < -0.39 is 10.0 Å². The number of anilines is 1. The number of likely N-dealkylation sites (N-methyl/N-ethyl adjacent to an activating group) is 1. The molecule has 0 atom stereocenters. The zero-order valence-electron chi connectivity index (χ0n) is 16.7. The molecular weight excluding hydrogens is 505 g/mol. The molecule has 0 aliphatic carbocycles. The molecule has 0 heterocycles. The first kappa shape index (κ1) is 23.6. The Hall–Kier alpha value is -1.69. The number of hydrogen-bond donors (Lipinski definition) is 2. The first-order chi connectivity index (χ1) is 13.8. The highest BCUT2D eigenvalue weighted by molar-refractivity contribution is 14.1. The maximum absolute atomic E-state index is 12.4. The standard InChI is InChI=1S/C20H26IN3O4S/c1-4-24(5-2)13-12-22-29(26,27)17-9-7-16(8-10-17)23-20(25)15-6-11-19(28-3)18(21)14-15/h6-11,14,22H,4-5,12-13H2,1-3H3,(H,23,25). The van der Waals surface area contributed by atoms with E-state index in [2.05, 4.69) is 37.5 Å². The average molecular weight is 531 g/mol. The van der Waals surface area contributed by atoms with Crippen LogP contribution in [0, 0.1) is 3.57 Å². The topological polar surface area (TPSA) is 87.7 Å². The Morgan fingerprint density at radius 1 is 1.10 bits per heavy atom. The molecule has 158 valence electrons. The van der Waals surface area contributed by atoms with Gasteiger partial charge in [-0.2, -0.15) is 0 Å². The van der Waals surface area contributed by atoms with Crippen LogP contribution in [0.2, 0.25) is 0 Å². The highest BCUT2D eigenvalue weighted by Crippen LogP contribution is 2.22. The maximum atomic E-state index is 12.4. The Morgan fingerprint density at radius 2 is 1.76 bits per heavy atom. The predicted octanol–water partition coefficient (Wildman–Crippen LogP) is 3.17. The zero-order chi connectivity index (χ0) is 21.4. The monoisotopic (exact) mass is 531 g/mol. The molecule has 2 rings (SSSR count). The van der Waals surface area contributed by atoms with Crippen LogP contribution in [0.5, 0.6) is 5.75 Å². The Morgan fingerprint density at radius 3 is 2.31 bits per heavy atom. The Bertz CT molecular complexity index is 929. The summed E-state index contributed by atoms with van der Waals surface area (Å²) in [7, 11) is -2.01. The molecule has 0 unspecified atom stereocenters. The number of sulfonamides is 1. The number of ether oxygens (including phenoxy) is 1. The van der Waals surface area contributed by atoms with E-state index in [9.17, 15) is 13.2 Å². The van der Waals surface area contributed by atoms with Gasteiger partial charge in [-0.25, -0.2) is 13.1 Å². The van der Waals surface area contributed by atoms with Gasteiger partial charge in [-0.05, 0) is 78.1 Å². The second kappa shape index (κ2) is 10.9. The maximum Gasteiger partial charge on any atom is 0.255 e. The van der Waals surface area contributed by atoms with Crippen molar-refractivity contribution in [3.05, 3.63) is 51.6 Å². The minimum Gasteiger partial charge on any atom is -0.496 e. The molecule has 0 saturated heterocycles. The molecule has 0 aromatic heterocycles. The van der Waals surface area contributed by atoms with Gasteiger partial charge >= 0.3 is 0 Å². The lowest BCUT2D eigenvalue weighted by molar-refractivity contribution is 0.102. The van der Waals surface area contributed by atoms with Crippen molar-refractivity contribution >= 4 is 44.2 Å². The number of amides is 1. The van der Waals surface area contributed by atoms with E-state index in [0.717, 1.165) is 16.7 Å². The van der Waals surface area contributed by atoms with Crippen molar-refractivity contribution in [2.24, 2.45) is 0 Å². The lowest BCUT2D eigenvalue weighted by atomic mass is 10.2. The van der Waals surface area contributed by atoms with Crippen LogP contribution < -0.4 is 14.8 Å². The van der Waals surface area contributed by atoms with Crippen LogP contribution >= 0.6 is 22.6 Å². The fourth-order valence-electron chi connectivity index (χ4n) is 2.69. The van der Waals surface area contributed by atoms with Crippen LogP contribution in [0.25, 0.3) is 0 Å². The highest BCUT2D eigenvalue weighted by Gasteiger charge is 2.15. The smallest absolute Gasteiger partial charge is 0.255 e. The molecule has 0 spiro atoms. The van der Waals surface area contributed by atoms with Gasteiger partial charge in [0.1, 0.15) is 5.75 Å². The lowest BCUT2D eigenvalue weighted by Crippen LogP contribution is -2.34. The van der Waals surface area contributed by atoms with E-state index >= 15 is 0 Å². The van der Waals surface area contributed by atoms with Gasteiger partial charge in [0.2, 0.25) is 10.0 Å². The number of halogens is 1. The van der Waals surface area contributed by atoms with Crippen molar-refractivity contribution in [3.8, 4) is 5.75 Å². The minimum absolute atomic E-state index is 0.161. The summed E-state index contributed by atoms with van der Waals surface area (Å²) in [4.78, 5) is 14.7. The summed E-state index contributed by atoms with van der Waals surface area (Å²) < 4.78 is 33.5. The lowest BCUT2D eigenvalue weighted by Gasteiger charge is -2.18. The fraction of sp³-hybridized carbons (Fsp3) is 0.350. The van der Waals surface area contributed by atoms with E-state index in [1.807, 2.05) is 13.8 Å². The number of benzene rings is 2. The van der Waals surface area contributed by atoms with Crippen molar-refractivity contribution in [2.45, 2.75) is 18.7 Å². The molecule has 0 aliphatic rings. The largest absolute Gasteiger partial charge is 0.496 e. The highest BCUT2D eigenvalue weighted by atomic mass is 127. The van der Waals surface area contributed by atoms with Gasteiger partial charge in [0.25, 0.3) is 5.91 Å². The van der Waals surface area contributed by atoms with Crippen LogP contribution in [-0.4, -0.2) is 52.5 Å². The molecule has 9 heteroatoms. The second-order valence-electron chi connectivity index (χ2n) is 6.25. The van der Waals surface area contributed by atoms with E-state index in [1.165, 1.54) is 12.1 Å². The summed E-state index contributed by atoms with van der Waals surface area (Å²) >= 11 is 2.10. The molecule has 29 heavy (non-hydrogen) atoms. The van der Waals surface area contributed by atoms with E-state index in [1.54, 1.807) is 37.4 Å². The third-order valence-electron chi connectivity index (χ3n) is 4.45. The van der Waals surface area contributed by atoms with Crippen molar-refractivity contribution < 1.29 is 17.9 Å². The van der Waals surface area contributed by atoms with E-state index in [0.29, 0.717) is 30.1 Å². The molecule has 0 bridgehead atoms. The molecule has 1 amide bonds. The SMILES string of the molecule is CCN(CC)CCNS(=O)(=O)c1ccc(NC(=O)c2ccc(OC)c(I)c2)cc1. The molecule has 0 aliphatic heterocycles. The zero-order valence-corrected chi connectivity index (χ0v) is 19.7. The van der Waals surface area contributed by atoms with Crippen LogP contribution in [0.4, 0.5) is 5.69 Å². The van der Waals surface area contributed by atoms with Crippen molar-refractivity contribution in [1.29, 1.82) is 0 Å². The number of carbonyl (C=O) groups is 1. The van der Waals surface area contributed by atoms with Crippen LogP contribution in [0.3, 0.4) is 0 Å². The van der Waals surface area contributed by atoms with Gasteiger partial charge in [-0.3, -0.25) is 4.79 Å². The van der Waals surface area contributed by atoms with Crippen LogP contribution in [0.1, 0.15) is 24.2 Å². The van der Waals surface area contributed by atoms with Crippen molar-refractivity contribution in [2.75, 3.05) is 38.6 Å². The molecule has 0 saturated carbocycles. The number of rotatable bonds is 10. The predicted molar refractivity (Wildman–Crippen MR) is 123 cm³/mol. The second-order valence-corrected chi connectivity index (χ2v) is 9.18. The average Bonchev–Trinajstić information content (AvgIpc) is 2.71. The number of methoxy groups -OCH3 is 1. The number of nitrogens with zero attached hydrogens (tertiary/aromatic N) is 1. The molecule has 2 aromatic carbocycles. The van der Waals surface area contributed by atoms with Crippen molar-refractivity contribution in [1.82, 2.24) is 9.62 Å². The normalized spacial score (nSPS) is 11.5. The van der Waals surface area contributed by atoms with Gasteiger partial charge < -0.3 is 15.0 Å². The number of hydrogen-bond acceptors (Lipinski definition) is 5. The van der Waals surface area contributed by atoms with Crippen molar-refractivity contribution in [3.63, 3.8) is 0 Å². The first-order valence-electron chi connectivity index (χ1n) is 9.27. The van der Waals surface area contributed by atoms with E-state index in [4.69, 9.17) is 4.74 Å². The van der Waals surface area contributed by atoms with Gasteiger partial charge in [-0.15, -0.1) is 0 Å². The fourth-order valence-corrected chi connectivity index (χ4v) is 4.45. The summed E-state index contributed by atoms with van der Waals surface area (Å²) in [5.41, 5.74) is 1.01. The molecule has 7 nitrogen and oxygen atoms in total. The molecule has 0 fully saturated rings. The van der Waals surface area contributed by atoms with Gasteiger partial charge in [0, 0.05) is 24.3 Å². The quantitative estimate of drug-likeness (QED) is 0.460. The van der Waals surface area contributed by atoms with Crippen LogP contribution in [0.15, 0.2) is 47.4 Å².